The van der Waals surface area contributed by atoms with Gasteiger partial charge >= 0.3 is 17.9 Å². The monoisotopic (exact) mass is 641 g/mol. The molecule has 46 heavy (non-hydrogen) atoms. The zero-order valence-electron chi connectivity index (χ0n) is 24.5. The summed E-state index contributed by atoms with van der Waals surface area (Å²) in [7, 11) is -4.71. The van der Waals surface area contributed by atoms with Crippen molar-refractivity contribution < 1.29 is 46.3 Å². The van der Waals surface area contributed by atoms with Gasteiger partial charge in [0.05, 0.1) is 10.8 Å². The zero-order chi connectivity index (χ0) is 31.5. The second-order valence-electron chi connectivity index (χ2n) is 13.2. The van der Waals surface area contributed by atoms with E-state index >= 15 is 0 Å². The summed E-state index contributed by atoms with van der Waals surface area (Å²) >= 11 is 0. The summed E-state index contributed by atoms with van der Waals surface area (Å²) in [5, 5.41) is 0. The quantitative estimate of drug-likeness (QED) is 0.230. The maximum Gasteiger partial charge on any atom is 0.318 e. The van der Waals surface area contributed by atoms with E-state index < -0.39 is 70.2 Å². The van der Waals surface area contributed by atoms with Crippen LogP contribution in [0.2, 0.25) is 0 Å². The molecule has 4 aliphatic carbocycles. The summed E-state index contributed by atoms with van der Waals surface area (Å²) in [6.45, 7) is 0. The first-order valence-electron chi connectivity index (χ1n) is 15.8. The van der Waals surface area contributed by atoms with Crippen LogP contribution in [0.15, 0.2) is 65.6 Å². The largest absolute Gasteiger partial charge is 0.744 e. The van der Waals surface area contributed by atoms with Crippen molar-refractivity contribution in [3.05, 3.63) is 94.0 Å². The smallest absolute Gasteiger partial charge is 0.318 e. The molecular weight excluding hydrogens is 612 g/mol. The molecule has 236 valence electrons. The maximum atomic E-state index is 14.0. The molecule has 10 nitrogen and oxygen atoms in total. The molecule has 3 saturated heterocycles. The number of carbonyl (C=O) groups excluding carboxylic acids is 3. The number of benzene rings is 3. The van der Waals surface area contributed by atoms with Gasteiger partial charge in [0.25, 0.3) is 0 Å². The topological polar surface area (TPSA) is 145 Å². The minimum absolute atomic E-state index is 0.0524. The fourth-order valence-corrected chi connectivity index (χ4v) is 9.90. The highest BCUT2D eigenvalue weighted by molar-refractivity contribution is 7.85. The molecule has 7 atom stereocenters. The van der Waals surface area contributed by atoms with Crippen LogP contribution in [-0.4, -0.2) is 55.3 Å². The Bertz CT molecular complexity index is 1900. The fourth-order valence-electron chi connectivity index (χ4n) is 9.14. The third-order valence-corrected chi connectivity index (χ3v) is 11.9. The summed E-state index contributed by atoms with van der Waals surface area (Å²) < 4.78 is 59.4. The lowest BCUT2D eigenvalue weighted by Gasteiger charge is -2.44. The van der Waals surface area contributed by atoms with Crippen molar-refractivity contribution in [3.8, 4) is 5.75 Å². The number of rotatable bonds is 5. The molecule has 3 fully saturated rings. The van der Waals surface area contributed by atoms with Gasteiger partial charge in [0.15, 0.2) is 12.2 Å². The van der Waals surface area contributed by atoms with Crippen molar-refractivity contribution in [1.82, 2.24) is 0 Å². The average molecular weight is 642 g/mol. The van der Waals surface area contributed by atoms with Crippen molar-refractivity contribution in [1.29, 1.82) is 0 Å². The van der Waals surface area contributed by atoms with Gasteiger partial charge in [0, 0.05) is 11.8 Å². The van der Waals surface area contributed by atoms with Gasteiger partial charge in [-0.25, -0.2) is 8.42 Å². The Labute approximate surface area is 264 Å². The lowest BCUT2D eigenvalue weighted by Crippen LogP contribution is -2.49. The van der Waals surface area contributed by atoms with Crippen LogP contribution < -0.4 is 4.74 Å². The van der Waals surface area contributed by atoms with E-state index in [1.54, 1.807) is 0 Å². The van der Waals surface area contributed by atoms with E-state index in [1.807, 2.05) is 24.3 Å². The highest BCUT2D eigenvalue weighted by Gasteiger charge is 2.72. The highest BCUT2D eigenvalue weighted by Crippen LogP contribution is 2.57. The molecule has 10 rings (SSSR count). The summed E-state index contributed by atoms with van der Waals surface area (Å²) in [5.74, 6) is -4.20. The molecule has 0 saturated carbocycles. The predicted molar refractivity (Wildman–Crippen MR) is 157 cm³/mol. The fraction of sp³-hybridized carbons (Fsp3) is 0.400. The number of hydrogen-bond donors (Lipinski definition) is 0. The number of esters is 3. The molecule has 3 heterocycles. The van der Waals surface area contributed by atoms with E-state index in [4.69, 9.17) is 18.9 Å². The number of fused-ring (bicyclic) bond motifs is 3. The van der Waals surface area contributed by atoms with Crippen LogP contribution in [0.4, 0.5) is 0 Å². The van der Waals surface area contributed by atoms with Crippen LogP contribution in [0.5, 0.6) is 5.75 Å². The van der Waals surface area contributed by atoms with Crippen LogP contribution in [0.3, 0.4) is 0 Å². The van der Waals surface area contributed by atoms with Gasteiger partial charge in [-0.15, -0.1) is 0 Å². The summed E-state index contributed by atoms with van der Waals surface area (Å²) in [6.07, 6.45) is -0.647. The molecular formula is C35H29O10S-. The molecule has 0 radical (unpaired) electrons. The van der Waals surface area contributed by atoms with Crippen LogP contribution >= 0.6 is 0 Å². The van der Waals surface area contributed by atoms with Crippen LogP contribution in [0, 0.1) is 17.8 Å². The number of carbonyl (C=O) groups is 3. The number of hydrogen-bond acceptors (Lipinski definition) is 10. The van der Waals surface area contributed by atoms with Crippen LogP contribution in [0.25, 0.3) is 0 Å². The van der Waals surface area contributed by atoms with Gasteiger partial charge in [-0.3, -0.25) is 14.4 Å². The third kappa shape index (κ3) is 3.94. The first-order valence-corrected chi connectivity index (χ1v) is 17.2. The standard InChI is InChI=1S/C35H30O10S/c36-33(23-15-22-16-7-1-5-11-20(16)26(23)21-12-6-2-8-17(21)22)44-31-29-27(28-30(43-29)32(31)45-35(28)38)34(37)42-24-13-14-25(46(39,40)41)19-10-4-3-9-18(19)24/h1-2,5-8,11-14,22-23,26-32H,3-4,9-10,15H2,(H,39,40,41)/p-1. The Balaban J connectivity index is 0.998. The van der Waals surface area contributed by atoms with Crippen molar-refractivity contribution in [2.24, 2.45) is 17.8 Å². The first-order chi connectivity index (χ1) is 22.2. The molecule has 3 aromatic rings. The molecule has 7 aliphatic rings. The lowest BCUT2D eigenvalue weighted by molar-refractivity contribution is -0.167. The first kappa shape index (κ1) is 28.2. The van der Waals surface area contributed by atoms with E-state index in [1.165, 1.54) is 23.3 Å². The summed E-state index contributed by atoms with van der Waals surface area (Å²) in [4.78, 5) is 40.5. The van der Waals surface area contributed by atoms with Gasteiger partial charge in [0.2, 0.25) is 0 Å². The Hall–Kier alpha value is -4.06. The maximum absolute atomic E-state index is 14.0. The minimum atomic E-state index is -4.71. The Morgan fingerprint density at radius 1 is 0.804 bits per heavy atom. The molecule has 3 aromatic carbocycles. The van der Waals surface area contributed by atoms with Crippen molar-refractivity contribution in [3.63, 3.8) is 0 Å². The third-order valence-electron chi connectivity index (χ3n) is 11.0. The molecule has 0 aromatic heterocycles. The summed E-state index contributed by atoms with van der Waals surface area (Å²) in [5.41, 5.74) is 5.53. The molecule has 11 heteroatoms. The number of ether oxygens (including phenoxy) is 4. The van der Waals surface area contributed by atoms with Crippen LogP contribution in [-0.2, 0) is 51.6 Å². The Morgan fingerprint density at radius 2 is 1.46 bits per heavy atom. The lowest BCUT2D eigenvalue weighted by atomic mass is 9.59. The van der Waals surface area contributed by atoms with Crippen LogP contribution in [0.1, 0.15) is 64.5 Å². The van der Waals surface area contributed by atoms with E-state index in [9.17, 15) is 27.4 Å². The van der Waals surface area contributed by atoms with Gasteiger partial charge in [0.1, 0.15) is 39.9 Å². The summed E-state index contributed by atoms with van der Waals surface area (Å²) in [6, 6.07) is 18.9. The molecule has 3 aliphatic heterocycles. The molecule has 0 N–H and O–H groups in total. The van der Waals surface area contributed by atoms with Crippen molar-refractivity contribution in [2.75, 3.05) is 0 Å². The second-order valence-corrected chi connectivity index (χ2v) is 14.5. The molecule has 0 amide bonds. The Kier molecular flexibility index (Phi) is 6.11. The van der Waals surface area contributed by atoms with Gasteiger partial charge in [-0.05, 0) is 77.6 Å². The van der Waals surface area contributed by atoms with Gasteiger partial charge in [-0.1, -0.05) is 48.5 Å². The highest BCUT2D eigenvalue weighted by atomic mass is 32.2. The van der Waals surface area contributed by atoms with Gasteiger partial charge < -0.3 is 23.5 Å². The molecule has 4 bridgehead atoms. The SMILES string of the molecule is O=C(OC1C2OC(=O)C3C2OC1C3C(=O)Oc1ccc(S(=O)(=O)[O-])c2c1CCCC2)C1CC2c3ccccc3C1c1ccccc12. The second kappa shape index (κ2) is 9.97. The zero-order valence-corrected chi connectivity index (χ0v) is 25.3. The Morgan fingerprint density at radius 3 is 2.13 bits per heavy atom. The van der Waals surface area contributed by atoms with Crippen molar-refractivity contribution in [2.45, 2.75) is 73.3 Å². The van der Waals surface area contributed by atoms with E-state index in [0.717, 1.165) is 17.5 Å². The molecule has 0 spiro atoms. The van der Waals surface area contributed by atoms with E-state index in [0.29, 0.717) is 36.8 Å². The minimum Gasteiger partial charge on any atom is -0.744 e. The average Bonchev–Trinajstić information content (AvgIpc) is 3.68. The molecule has 7 unspecified atom stereocenters. The predicted octanol–water partition coefficient (Wildman–Crippen LogP) is 3.52. The van der Waals surface area contributed by atoms with Gasteiger partial charge in [-0.2, -0.15) is 0 Å². The van der Waals surface area contributed by atoms with Crippen molar-refractivity contribution >= 4 is 28.0 Å². The van der Waals surface area contributed by atoms with E-state index in [-0.39, 0.29) is 22.5 Å². The van der Waals surface area contributed by atoms with E-state index in [2.05, 4.69) is 24.3 Å². The normalized spacial score (nSPS) is 32.7.